The third kappa shape index (κ3) is 6.96. The number of aryl methyl sites for hydroxylation is 1. The first kappa shape index (κ1) is 28.8. The molecule has 0 aromatic heterocycles. The van der Waals surface area contributed by atoms with Crippen LogP contribution in [0.2, 0.25) is 15.1 Å². The van der Waals surface area contributed by atoms with E-state index in [1.165, 1.54) is 42.3 Å². The monoisotopic (exact) mass is 581 g/mol. The number of likely N-dealkylation sites (N-methyl/N-ethyl adjacent to an activating group) is 1. The summed E-state index contributed by atoms with van der Waals surface area (Å²) < 4.78 is 28.5. The van der Waals surface area contributed by atoms with Crippen molar-refractivity contribution in [2.24, 2.45) is 0 Å². The van der Waals surface area contributed by atoms with Gasteiger partial charge in [0.05, 0.1) is 10.6 Å². The summed E-state index contributed by atoms with van der Waals surface area (Å²) in [5.74, 6) is -1.01. The number of nitrogens with one attached hydrogen (secondary N) is 1. The van der Waals surface area contributed by atoms with E-state index in [-0.39, 0.29) is 11.4 Å². The second-order valence-corrected chi connectivity index (χ2v) is 11.5. The Hall–Kier alpha value is -2.78. The molecule has 2 amide bonds. The minimum absolute atomic E-state index is 0.0298. The molecule has 0 saturated carbocycles. The lowest BCUT2D eigenvalue weighted by Gasteiger charge is -2.32. The summed E-state index contributed by atoms with van der Waals surface area (Å²) >= 11 is 18.3. The lowest BCUT2D eigenvalue weighted by molar-refractivity contribution is -0.139. The van der Waals surface area contributed by atoms with Crippen molar-refractivity contribution in [3.05, 3.63) is 92.9 Å². The van der Waals surface area contributed by atoms with Gasteiger partial charge in [0.25, 0.3) is 10.0 Å². The van der Waals surface area contributed by atoms with Crippen LogP contribution in [0.25, 0.3) is 0 Å². The van der Waals surface area contributed by atoms with Gasteiger partial charge in [0, 0.05) is 28.7 Å². The molecule has 37 heavy (non-hydrogen) atoms. The number of anilines is 1. The van der Waals surface area contributed by atoms with Crippen LogP contribution in [-0.2, 0) is 26.2 Å². The Morgan fingerprint density at radius 1 is 0.946 bits per heavy atom. The fraction of sp³-hybridized carbons (Fsp3) is 0.231. The van der Waals surface area contributed by atoms with Gasteiger partial charge >= 0.3 is 0 Å². The Kier molecular flexibility index (Phi) is 9.47. The van der Waals surface area contributed by atoms with Crippen LogP contribution >= 0.6 is 34.8 Å². The first-order chi connectivity index (χ1) is 17.4. The molecular formula is C26H26Cl3N3O4S. The van der Waals surface area contributed by atoms with E-state index in [9.17, 15) is 18.0 Å². The highest BCUT2D eigenvalue weighted by atomic mass is 35.5. The van der Waals surface area contributed by atoms with E-state index >= 15 is 0 Å². The molecule has 0 heterocycles. The Bertz CT molecular complexity index is 1400. The zero-order chi connectivity index (χ0) is 27.3. The number of halogens is 3. The second kappa shape index (κ2) is 12.2. The van der Waals surface area contributed by atoms with Gasteiger partial charge in [-0.3, -0.25) is 13.9 Å². The molecule has 3 aromatic rings. The standard InChI is InChI=1S/C26H26Cl3N3O4S/c1-17-5-4-6-22(13-17)32(37(35,36)23-11-9-20(27)10-12-23)16-25(33)31(18(2)26(34)30-3)15-19-7-8-21(28)14-24(19)29/h4-14,18H,15-16H2,1-3H3,(H,30,34)/t18-/m1/s1. The highest BCUT2D eigenvalue weighted by molar-refractivity contribution is 7.92. The van der Waals surface area contributed by atoms with Gasteiger partial charge in [0.1, 0.15) is 12.6 Å². The molecule has 0 saturated heterocycles. The van der Waals surface area contributed by atoms with Gasteiger partial charge in [0.2, 0.25) is 11.8 Å². The summed E-state index contributed by atoms with van der Waals surface area (Å²) in [6.07, 6.45) is 0. The predicted octanol–water partition coefficient (Wildman–Crippen LogP) is 5.31. The smallest absolute Gasteiger partial charge is 0.264 e. The maximum Gasteiger partial charge on any atom is 0.264 e. The molecule has 0 aliphatic carbocycles. The average molecular weight is 583 g/mol. The van der Waals surface area contributed by atoms with Gasteiger partial charge in [-0.25, -0.2) is 8.42 Å². The first-order valence-corrected chi connectivity index (χ1v) is 13.8. The predicted molar refractivity (Wildman–Crippen MR) is 148 cm³/mol. The molecule has 0 aliphatic rings. The van der Waals surface area contributed by atoms with Gasteiger partial charge in [-0.05, 0) is 73.5 Å². The zero-order valence-corrected chi connectivity index (χ0v) is 23.5. The van der Waals surface area contributed by atoms with Gasteiger partial charge < -0.3 is 10.2 Å². The highest BCUT2D eigenvalue weighted by Gasteiger charge is 2.32. The highest BCUT2D eigenvalue weighted by Crippen LogP contribution is 2.27. The quantitative estimate of drug-likeness (QED) is 0.370. The molecule has 0 bridgehead atoms. The molecule has 196 valence electrons. The molecule has 1 atom stereocenters. The van der Waals surface area contributed by atoms with E-state index in [1.807, 2.05) is 13.0 Å². The fourth-order valence-corrected chi connectivity index (χ4v) is 5.67. The molecule has 1 N–H and O–H groups in total. The minimum Gasteiger partial charge on any atom is -0.357 e. The van der Waals surface area contributed by atoms with Crippen LogP contribution in [0.3, 0.4) is 0 Å². The molecule has 0 radical (unpaired) electrons. The van der Waals surface area contributed by atoms with Crippen LogP contribution in [-0.4, -0.2) is 44.8 Å². The van der Waals surface area contributed by atoms with Crippen molar-refractivity contribution < 1.29 is 18.0 Å². The van der Waals surface area contributed by atoms with Crippen LogP contribution < -0.4 is 9.62 Å². The van der Waals surface area contributed by atoms with Crippen molar-refractivity contribution in [1.29, 1.82) is 0 Å². The van der Waals surface area contributed by atoms with Gasteiger partial charge in [-0.15, -0.1) is 0 Å². The molecular weight excluding hydrogens is 557 g/mol. The van der Waals surface area contributed by atoms with Crippen LogP contribution in [0, 0.1) is 6.92 Å². The summed E-state index contributed by atoms with van der Waals surface area (Å²) in [7, 11) is -2.71. The van der Waals surface area contributed by atoms with E-state index in [2.05, 4.69) is 5.32 Å². The minimum atomic E-state index is -4.17. The lowest BCUT2D eigenvalue weighted by atomic mass is 10.1. The van der Waals surface area contributed by atoms with Gasteiger partial charge in [-0.2, -0.15) is 0 Å². The SMILES string of the molecule is CNC(=O)[C@@H](C)N(Cc1ccc(Cl)cc1Cl)C(=O)CN(c1cccc(C)c1)S(=O)(=O)c1ccc(Cl)cc1. The molecule has 7 nitrogen and oxygen atoms in total. The molecule has 0 aliphatic heterocycles. The third-order valence-electron chi connectivity index (χ3n) is 5.74. The third-order valence-corrected chi connectivity index (χ3v) is 8.37. The molecule has 3 rings (SSSR count). The number of carbonyl (C=O) groups excluding carboxylic acids is 2. The zero-order valence-electron chi connectivity index (χ0n) is 20.4. The Labute approximate surface area is 232 Å². The van der Waals surface area contributed by atoms with Crippen LogP contribution in [0.4, 0.5) is 5.69 Å². The largest absolute Gasteiger partial charge is 0.357 e. The Morgan fingerprint density at radius 3 is 2.19 bits per heavy atom. The number of hydrogen-bond donors (Lipinski definition) is 1. The second-order valence-electron chi connectivity index (χ2n) is 8.35. The first-order valence-electron chi connectivity index (χ1n) is 11.2. The van der Waals surface area contributed by atoms with Crippen molar-refractivity contribution >= 4 is 62.3 Å². The summed E-state index contributed by atoms with van der Waals surface area (Å²) in [5, 5.41) is 3.65. The van der Waals surface area contributed by atoms with Gasteiger partial charge in [-0.1, -0.05) is 53.0 Å². The van der Waals surface area contributed by atoms with E-state index in [4.69, 9.17) is 34.8 Å². The van der Waals surface area contributed by atoms with Crippen molar-refractivity contribution in [1.82, 2.24) is 10.2 Å². The average Bonchev–Trinajstić information content (AvgIpc) is 2.86. The van der Waals surface area contributed by atoms with Crippen molar-refractivity contribution in [2.45, 2.75) is 31.3 Å². The van der Waals surface area contributed by atoms with Crippen molar-refractivity contribution in [3.8, 4) is 0 Å². The van der Waals surface area contributed by atoms with Crippen molar-refractivity contribution in [2.75, 3.05) is 17.9 Å². The molecule has 0 spiro atoms. The number of rotatable bonds is 9. The lowest BCUT2D eigenvalue weighted by Crippen LogP contribution is -2.50. The number of nitrogens with zero attached hydrogens (tertiary/aromatic N) is 2. The Morgan fingerprint density at radius 2 is 1.59 bits per heavy atom. The maximum absolute atomic E-state index is 13.7. The summed E-state index contributed by atoms with van der Waals surface area (Å²) in [4.78, 5) is 27.5. The van der Waals surface area contributed by atoms with Crippen LogP contribution in [0.5, 0.6) is 0 Å². The van der Waals surface area contributed by atoms with Crippen molar-refractivity contribution in [3.63, 3.8) is 0 Å². The normalized spacial score (nSPS) is 12.1. The molecule has 11 heteroatoms. The van der Waals surface area contributed by atoms with E-state index in [1.54, 1.807) is 37.3 Å². The number of benzene rings is 3. The van der Waals surface area contributed by atoms with E-state index < -0.39 is 34.4 Å². The summed E-state index contributed by atoms with van der Waals surface area (Å²) in [6.45, 7) is 2.79. The molecule has 0 fully saturated rings. The summed E-state index contributed by atoms with van der Waals surface area (Å²) in [6, 6.07) is 16.4. The fourth-order valence-electron chi connectivity index (χ4n) is 3.67. The van der Waals surface area contributed by atoms with Crippen LogP contribution in [0.1, 0.15) is 18.1 Å². The number of amides is 2. The maximum atomic E-state index is 13.7. The number of hydrogen-bond acceptors (Lipinski definition) is 4. The van der Waals surface area contributed by atoms with E-state index in [0.717, 1.165) is 9.87 Å². The Balaban J connectivity index is 2.05. The molecule has 0 unspecified atom stereocenters. The molecule has 3 aromatic carbocycles. The van der Waals surface area contributed by atoms with E-state index in [0.29, 0.717) is 26.3 Å². The van der Waals surface area contributed by atoms with Crippen LogP contribution in [0.15, 0.2) is 71.6 Å². The summed E-state index contributed by atoms with van der Waals surface area (Å²) in [5.41, 5.74) is 1.67. The van der Waals surface area contributed by atoms with Gasteiger partial charge in [0.15, 0.2) is 0 Å². The number of sulfonamides is 1. The topological polar surface area (TPSA) is 86.8 Å². The number of carbonyl (C=O) groups is 2.